The van der Waals surface area contributed by atoms with E-state index in [1.165, 1.54) is 31.4 Å². The molecular formula is C15H14FNO3. The zero-order chi connectivity index (χ0) is 14.5. The summed E-state index contributed by atoms with van der Waals surface area (Å²) >= 11 is 0. The van der Waals surface area contributed by atoms with Crippen LogP contribution in [-0.4, -0.2) is 19.6 Å². The number of carbonyl (C=O) groups excluding carboxylic acids is 1. The van der Waals surface area contributed by atoms with Crippen molar-refractivity contribution in [3.05, 3.63) is 54.6 Å². The Labute approximate surface area is 115 Å². The Hall–Kier alpha value is -2.56. The molecule has 0 fully saturated rings. The monoisotopic (exact) mass is 275 g/mol. The summed E-state index contributed by atoms with van der Waals surface area (Å²) in [5.41, 5.74) is 0.243. The number of furan rings is 1. The summed E-state index contributed by atoms with van der Waals surface area (Å²) in [7, 11) is 1.49. The molecule has 2 aromatic rings. The van der Waals surface area contributed by atoms with Crippen molar-refractivity contribution in [2.24, 2.45) is 0 Å². The van der Waals surface area contributed by atoms with Crippen LogP contribution in [0, 0.1) is 5.82 Å². The number of nitrogens with one attached hydrogen (secondary N) is 1. The van der Waals surface area contributed by atoms with Gasteiger partial charge < -0.3 is 14.5 Å². The van der Waals surface area contributed by atoms with E-state index in [0.717, 1.165) is 0 Å². The molecule has 0 radical (unpaired) electrons. The van der Waals surface area contributed by atoms with Crippen LogP contribution in [0.4, 0.5) is 4.39 Å². The molecule has 20 heavy (non-hydrogen) atoms. The van der Waals surface area contributed by atoms with Crippen LogP contribution in [-0.2, 0) is 0 Å². The molecule has 0 atom stereocenters. The number of ether oxygens (including phenoxy) is 1. The van der Waals surface area contributed by atoms with E-state index in [9.17, 15) is 9.18 Å². The molecule has 1 N–H and O–H groups in total. The molecule has 0 saturated heterocycles. The zero-order valence-corrected chi connectivity index (χ0v) is 11.0. The van der Waals surface area contributed by atoms with Crippen molar-refractivity contribution in [1.29, 1.82) is 0 Å². The number of carbonyl (C=O) groups is 1. The van der Waals surface area contributed by atoms with Gasteiger partial charge in [-0.1, -0.05) is 6.08 Å². The van der Waals surface area contributed by atoms with E-state index >= 15 is 0 Å². The predicted molar refractivity (Wildman–Crippen MR) is 73.2 cm³/mol. The fourth-order valence-corrected chi connectivity index (χ4v) is 1.68. The molecule has 5 heteroatoms. The largest absolute Gasteiger partial charge is 0.497 e. The Bertz CT molecular complexity index is 634. The minimum atomic E-state index is -0.446. The highest BCUT2D eigenvalue weighted by Crippen LogP contribution is 2.28. The van der Waals surface area contributed by atoms with Crippen LogP contribution in [0.3, 0.4) is 0 Å². The normalized spacial score (nSPS) is 10.1. The molecule has 0 unspecified atom stereocenters. The second-order valence-corrected chi connectivity index (χ2v) is 4.01. The van der Waals surface area contributed by atoms with Gasteiger partial charge in [-0.05, 0) is 30.3 Å². The Morgan fingerprint density at radius 1 is 1.45 bits per heavy atom. The average Bonchev–Trinajstić information content (AvgIpc) is 2.95. The van der Waals surface area contributed by atoms with Crippen LogP contribution in [0.2, 0.25) is 0 Å². The zero-order valence-electron chi connectivity index (χ0n) is 11.0. The SMILES string of the molecule is C=CCNC(=O)c1ccc(-c2cc(OC)ccc2F)o1. The highest BCUT2D eigenvalue weighted by atomic mass is 19.1. The molecule has 2 rings (SSSR count). The molecule has 0 bridgehead atoms. The summed E-state index contributed by atoms with van der Waals surface area (Å²) in [6.45, 7) is 3.84. The third-order valence-electron chi connectivity index (χ3n) is 2.68. The summed E-state index contributed by atoms with van der Waals surface area (Å²) < 4.78 is 24.2. The predicted octanol–water partition coefficient (Wildman–Crippen LogP) is 3.01. The average molecular weight is 275 g/mol. The van der Waals surface area contributed by atoms with Gasteiger partial charge in [-0.25, -0.2) is 4.39 Å². The Morgan fingerprint density at radius 3 is 2.95 bits per heavy atom. The minimum Gasteiger partial charge on any atom is -0.497 e. The number of benzene rings is 1. The van der Waals surface area contributed by atoms with Crippen LogP contribution < -0.4 is 10.1 Å². The molecule has 1 aromatic heterocycles. The van der Waals surface area contributed by atoms with Crippen molar-refractivity contribution in [2.45, 2.75) is 0 Å². The Morgan fingerprint density at radius 2 is 2.25 bits per heavy atom. The van der Waals surface area contributed by atoms with Crippen LogP contribution in [0.25, 0.3) is 11.3 Å². The number of halogens is 1. The summed E-state index contributed by atoms with van der Waals surface area (Å²) in [6.07, 6.45) is 1.56. The van der Waals surface area contributed by atoms with E-state index in [4.69, 9.17) is 9.15 Å². The van der Waals surface area contributed by atoms with Gasteiger partial charge in [-0.3, -0.25) is 4.79 Å². The molecule has 0 spiro atoms. The van der Waals surface area contributed by atoms with E-state index in [-0.39, 0.29) is 23.0 Å². The topological polar surface area (TPSA) is 51.5 Å². The highest BCUT2D eigenvalue weighted by molar-refractivity contribution is 5.92. The maximum Gasteiger partial charge on any atom is 0.287 e. The van der Waals surface area contributed by atoms with Crippen molar-refractivity contribution in [2.75, 3.05) is 13.7 Å². The molecule has 1 aromatic carbocycles. The van der Waals surface area contributed by atoms with Gasteiger partial charge in [0.1, 0.15) is 17.3 Å². The van der Waals surface area contributed by atoms with Gasteiger partial charge in [0.2, 0.25) is 0 Å². The third-order valence-corrected chi connectivity index (χ3v) is 2.68. The van der Waals surface area contributed by atoms with Crippen molar-refractivity contribution in [1.82, 2.24) is 5.32 Å². The fourth-order valence-electron chi connectivity index (χ4n) is 1.68. The van der Waals surface area contributed by atoms with Gasteiger partial charge in [-0.2, -0.15) is 0 Å². The fraction of sp³-hybridized carbons (Fsp3) is 0.133. The first-order valence-corrected chi connectivity index (χ1v) is 5.98. The van der Waals surface area contributed by atoms with Crippen molar-refractivity contribution >= 4 is 5.91 Å². The van der Waals surface area contributed by atoms with Gasteiger partial charge in [0.15, 0.2) is 5.76 Å². The van der Waals surface area contributed by atoms with E-state index in [1.54, 1.807) is 12.1 Å². The number of hydrogen-bond donors (Lipinski definition) is 1. The lowest BCUT2D eigenvalue weighted by Gasteiger charge is -2.04. The van der Waals surface area contributed by atoms with Gasteiger partial charge in [0.05, 0.1) is 12.7 Å². The summed E-state index contributed by atoms with van der Waals surface area (Å²) in [5, 5.41) is 2.58. The van der Waals surface area contributed by atoms with Crippen LogP contribution >= 0.6 is 0 Å². The van der Waals surface area contributed by atoms with Crippen molar-refractivity contribution in [3.8, 4) is 17.1 Å². The number of rotatable bonds is 5. The molecular weight excluding hydrogens is 261 g/mol. The lowest BCUT2D eigenvalue weighted by Crippen LogP contribution is -2.22. The molecule has 1 amide bonds. The molecule has 104 valence electrons. The molecule has 1 heterocycles. The summed E-state index contributed by atoms with van der Waals surface area (Å²) in [4.78, 5) is 11.7. The van der Waals surface area contributed by atoms with Gasteiger partial charge >= 0.3 is 0 Å². The van der Waals surface area contributed by atoms with Crippen LogP contribution in [0.15, 0.2) is 47.4 Å². The quantitative estimate of drug-likeness (QED) is 0.853. The smallest absolute Gasteiger partial charge is 0.287 e. The third kappa shape index (κ3) is 2.88. The second-order valence-electron chi connectivity index (χ2n) is 4.01. The first kappa shape index (κ1) is 13.9. The van der Waals surface area contributed by atoms with E-state index in [1.807, 2.05) is 0 Å². The molecule has 0 aliphatic heterocycles. The molecule has 0 saturated carbocycles. The van der Waals surface area contributed by atoms with Gasteiger partial charge in [0, 0.05) is 6.54 Å². The maximum atomic E-state index is 13.8. The first-order valence-electron chi connectivity index (χ1n) is 5.98. The standard InChI is InChI=1S/C15H14FNO3/c1-3-8-17-15(18)14-7-6-13(20-14)11-9-10(19-2)4-5-12(11)16/h3-7,9H,1,8H2,2H3,(H,17,18). The lowest BCUT2D eigenvalue weighted by molar-refractivity contribution is 0.0931. The van der Waals surface area contributed by atoms with Crippen molar-refractivity contribution in [3.63, 3.8) is 0 Å². The highest BCUT2D eigenvalue weighted by Gasteiger charge is 2.14. The Kier molecular flexibility index (Phi) is 4.20. The first-order chi connectivity index (χ1) is 9.65. The van der Waals surface area contributed by atoms with Crippen LogP contribution in [0.1, 0.15) is 10.6 Å². The number of hydrogen-bond acceptors (Lipinski definition) is 3. The minimum absolute atomic E-state index is 0.115. The second kappa shape index (κ2) is 6.06. The van der Waals surface area contributed by atoms with E-state index < -0.39 is 5.82 Å². The van der Waals surface area contributed by atoms with Gasteiger partial charge in [-0.15, -0.1) is 6.58 Å². The molecule has 4 nitrogen and oxygen atoms in total. The van der Waals surface area contributed by atoms with E-state index in [2.05, 4.69) is 11.9 Å². The number of methoxy groups -OCH3 is 1. The van der Waals surface area contributed by atoms with Crippen LogP contribution in [0.5, 0.6) is 5.75 Å². The summed E-state index contributed by atoms with van der Waals surface area (Å²) in [5.74, 6) is 0.0716. The molecule has 0 aliphatic rings. The van der Waals surface area contributed by atoms with Gasteiger partial charge in [0.25, 0.3) is 5.91 Å². The lowest BCUT2D eigenvalue weighted by atomic mass is 10.1. The Balaban J connectivity index is 2.28. The summed E-state index contributed by atoms with van der Waals surface area (Å²) in [6, 6.07) is 7.35. The maximum absolute atomic E-state index is 13.8. The van der Waals surface area contributed by atoms with E-state index in [0.29, 0.717) is 12.3 Å². The van der Waals surface area contributed by atoms with Crippen molar-refractivity contribution < 1.29 is 18.3 Å². The molecule has 0 aliphatic carbocycles. The number of amides is 1.